The van der Waals surface area contributed by atoms with Crippen molar-refractivity contribution in [1.29, 1.82) is 0 Å². The van der Waals surface area contributed by atoms with Gasteiger partial charge in [-0.15, -0.1) is 11.5 Å². The van der Waals surface area contributed by atoms with Gasteiger partial charge >= 0.3 is 37.7 Å². The number of benzene rings is 2. The van der Waals surface area contributed by atoms with E-state index in [1.165, 1.54) is 12.8 Å². The Morgan fingerprint density at radius 1 is 0.654 bits per heavy atom. The minimum Gasteiger partial charge on any atom is -0.872 e. The molecule has 2 rings (SSSR count). The average Bonchev–Trinajstić information content (AvgIpc) is 2.60. The Hall–Kier alpha value is -0.700. The normalized spacial score (nSPS) is 10.5. The molecule has 26 heavy (non-hydrogen) atoms. The molecule has 0 aromatic heterocycles. The van der Waals surface area contributed by atoms with Crippen LogP contribution in [0.5, 0.6) is 11.5 Å². The van der Waals surface area contributed by atoms with Crippen molar-refractivity contribution in [2.75, 3.05) is 0 Å². The van der Waals surface area contributed by atoms with Crippen LogP contribution in [0, 0.1) is 0 Å². The van der Waals surface area contributed by atoms with E-state index in [0.717, 1.165) is 60.8 Å². The predicted molar refractivity (Wildman–Crippen MR) is 107 cm³/mol. The van der Waals surface area contributed by atoms with Crippen LogP contribution in [0.3, 0.4) is 0 Å². The van der Waals surface area contributed by atoms with E-state index in [9.17, 15) is 10.2 Å². The molecule has 0 radical (unpaired) electrons. The number of unbranched alkanes of at least 4 members (excludes halogenated alkanes) is 4. The first-order chi connectivity index (χ1) is 12.2. The third kappa shape index (κ3) is 6.79. The molecule has 0 fully saturated rings. The molecule has 0 amide bonds. The van der Waals surface area contributed by atoms with E-state index >= 15 is 0 Å². The Balaban J connectivity index is 0.00000338. The third-order valence-electron chi connectivity index (χ3n) is 4.91. The summed E-state index contributed by atoms with van der Waals surface area (Å²) in [4.78, 5) is 0. The molecule has 0 aliphatic carbocycles. The van der Waals surface area contributed by atoms with Gasteiger partial charge in [0.2, 0.25) is 0 Å². The van der Waals surface area contributed by atoms with Gasteiger partial charge in [-0.1, -0.05) is 75.9 Å². The zero-order valence-corrected chi connectivity index (χ0v) is 18.6. The zero-order chi connectivity index (χ0) is 18.1. The van der Waals surface area contributed by atoms with Gasteiger partial charge in [-0.05, 0) is 54.4 Å². The largest absolute Gasteiger partial charge is 2.00 e. The number of rotatable bonds is 10. The Kier molecular flexibility index (Phi) is 11.4. The molecule has 2 aromatic carbocycles. The van der Waals surface area contributed by atoms with Crippen molar-refractivity contribution >= 4 is 37.7 Å². The quantitative estimate of drug-likeness (QED) is 0.451. The first kappa shape index (κ1) is 23.3. The van der Waals surface area contributed by atoms with E-state index in [1.807, 2.05) is 12.1 Å². The fourth-order valence-corrected chi connectivity index (χ4v) is 3.40. The van der Waals surface area contributed by atoms with E-state index in [-0.39, 0.29) is 49.2 Å². The van der Waals surface area contributed by atoms with Crippen molar-refractivity contribution in [3.05, 3.63) is 58.7 Å². The van der Waals surface area contributed by atoms with Gasteiger partial charge in [-0.3, -0.25) is 0 Å². The average molecular weight is 379 g/mol. The maximum absolute atomic E-state index is 12.5. The van der Waals surface area contributed by atoms with Crippen LogP contribution in [0.4, 0.5) is 0 Å². The minimum absolute atomic E-state index is 0. The van der Waals surface area contributed by atoms with Gasteiger partial charge in [0.15, 0.2) is 0 Å². The second-order valence-electron chi connectivity index (χ2n) is 6.88. The summed E-state index contributed by atoms with van der Waals surface area (Å²) >= 11 is 0. The van der Waals surface area contributed by atoms with Crippen LogP contribution >= 0.6 is 0 Å². The van der Waals surface area contributed by atoms with Crippen LogP contribution in [0.2, 0.25) is 0 Å². The molecule has 0 N–H and O–H groups in total. The molecule has 2 nitrogen and oxygen atoms in total. The molecule has 0 heterocycles. The minimum atomic E-state index is 0. The molecule has 0 aliphatic heterocycles. The van der Waals surface area contributed by atoms with E-state index in [1.54, 1.807) is 12.1 Å². The topological polar surface area (TPSA) is 46.1 Å². The van der Waals surface area contributed by atoms with Gasteiger partial charge in [-0.2, -0.15) is 0 Å². The second kappa shape index (κ2) is 12.6. The molecule has 0 saturated heterocycles. The van der Waals surface area contributed by atoms with Crippen molar-refractivity contribution < 1.29 is 10.2 Å². The van der Waals surface area contributed by atoms with E-state index in [0.29, 0.717) is 6.42 Å². The Bertz CT molecular complexity index is 610. The Morgan fingerprint density at radius 2 is 1.08 bits per heavy atom. The van der Waals surface area contributed by atoms with Gasteiger partial charge in [-0.25, -0.2) is 0 Å². The van der Waals surface area contributed by atoms with Crippen LogP contribution in [-0.2, 0) is 19.3 Å². The standard InChI is InChI=1S/C23H32O2.Ca/c1-3-5-7-11-18-13-9-15-22(24)20(18)17-21-19(12-8-6-4-2)14-10-16-23(21)25;/h9-10,13-16,24-25H,3-8,11-12,17H2,1-2H3;/q;+2/p-2. The summed E-state index contributed by atoms with van der Waals surface area (Å²) in [7, 11) is 0. The Labute approximate surface area is 188 Å². The first-order valence-electron chi connectivity index (χ1n) is 9.72. The van der Waals surface area contributed by atoms with Crippen molar-refractivity contribution in [2.24, 2.45) is 0 Å². The van der Waals surface area contributed by atoms with Gasteiger partial charge in [0, 0.05) is 0 Å². The monoisotopic (exact) mass is 378 g/mol. The summed E-state index contributed by atoms with van der Waals surface area (Å²) in [5.74, 6) is 0.133. The molecule has 0 spiro atoms. The number of aryl methyl sites for hydroxylation is 2. The van der Waals surface area contributed by atoms with Crippen LogP contribution in [0.1, 0.15) is 74.6 Å². The molecule has 136 valence electrons. The van der Waals surface area contributed by atoms with Gasteiger partial charge in [0.05, 0.1) is 0 Å². The van der Waals surface area contributed by atoms with Gasteiger partial charge < -0.3 is 10.2 Å². The molecule has 0 atom stereocenters. The summed E-state index contributed by atoms with van der Waals surface area (Å²) in [6.07, 6.45) is 9.17. The Morgan fingerprint density at radius 3 is 1.46 bits per heavy atom. The van der Waals surface area contributed by atoms with E-state index in [4.69, 9.17) is 0 Å². The smallest absolute Gasteiger partial charge is 0.872 e. The summed E-state index contributed by atoms with van der Waals surface area (Å²) in [6.45, 7) is 4.36. The predicted octanol–water partition coefficient (Wildman–Crippen LogP) is 4.51. The fraction of sp³-hybridized carbons (Fsp3) is 0.478. The van der Waals surface area contributed by atoms with Crippen molar-refractivity contribution in [3.63, 3.8) is 0 Å². The van der Waals surface area contributed by atoms with Gasteiger partial charge in [0.25, 0.3) is 0 Å². The van der Waals surface area contributed by atoms with Crippen LogP contribution < -0.4 is 10.2 Å². The summed E-state index contributed by atoms with van der Waals surface area (Å²) in [5, 5.41) is 24.9. The molecule has 3 heteroatoms. The second-order valence-corrected chi connectivity index (χ2v) is 6.88. The molecule has 0 unspecified atom stereocenters. The molecule has 0 aliphatic rings. The van der Waals surface area contributed by atoms with E-state index in [2.05, 4.69) is 26.0 Å². The van der Waals surface area contributed by atoms with Crippen LogP contribution in [0.15, 0.2) is 36.4 Å². The SMILES string of the molecule is CCCCCc1cccc([O-])c1Cc1c([O-])cccc1CCCCC.[Ca+2]. The summed E-state index contributed by atoms with van der Waals surface area (Å²) in [6, 6.07) is 11.1. The van der Waals surface area contributed by atoms with Gasteiger partial charge in [0.1, 0.15) is 0 Å². The molecule has 2 aromatic rings. The third-order valence-corrected chi connectivity index (χ3v) is 4.91. The number of hydrogen-bond donors (Lipinski definition) is 0. The molecular formula is C23H30CaO2. The van der Waals surface area contributed by atoms with Crippen LogP contribution in [0.25, 0.3) is 0 Å². The maximum atomic E-state index is 12.5. The molecular weight excluding hydrogens is 348 g/mol. The maximum Gasteiger partial charge on any atom is 2.00 e. The van der Waals surface area contributed by atoms with Crippen LogP contribution in [-0.4, -0.2) is 37.7 Å². The van der Waals surface area contributed by atoms with Crippen molar-refractivity contribution in [2.45, 2.75) is 71.6 Å². The van der Waals surface area contributed by atoms with Crippen molar-refractivity contribution in [3.8, 4) is 11.5 Å². The zero-order valence-electron chi connectivity index (χ0n) is 16.4. The first-order valence-corrected chi connectivity index (χ1v) is 9.72. The van der Waals surface area contributed by atoms with Crippen molar-refractivity contribution in [1.82, 2.24) is 0 Å². The number of hydrogen-bond acceptors (Lipinski definition) is 2. The summed E-state index contributed by atoms with van der Waals surface area (Å²) in [5.41, 5.74) is 3.87. The molecule has 0 saturated carbocycles. The van der Waals surface area contributed by atoms with E-state index < -0.39 is 0 Å². The molecule has 0 bridgehead atoms. The summed E-state index contributed by atoms with van der Waals surface area (Å²) < 4.78 is 0. The fourth-order valence-electron chi connectivity index (χ4n) is 3.40.